The number of nitrogens with zero attached hydrogens (tertiary/aromatic N) is 2. The van der Waals surface area contributed by atoms with E-state index >= 15 is 0 Å². The highest BCUT2D eigenvalue weighted by atomic mass is 79.9. The summed E-state index contributed by atoms with van der Waals surface area (Å²) in [7, 11) is 1.86. The first-order chi connectivity index (χ1) is 7.20. The minimum absolute atomic E-state index is 0.775. The maximum absolute atomic E-state index is 4.41. The summed E-state index contributed by atoms with van der Waals surface area (Å²) >= 11 is 5.17. The van der Waals surface area contributed by atoms with Crippen LogP contribution in [0.2, 0.25) is 0 Å². The third kappa shape index (κ3) is 2.18. The summed E-state index contributed by atoms with van der Waals surface area (Å²) in [6.07, 6.45) is 0. The van der Waals surface area contributed by atoms with E-state index in [2.05, 4.69) is 31.2 Å². The monoisotopic (exact) mass is 283 g/mol. The van der Waals surface area contributed by atoms with Crippen LogP contribution >= 0.6 is 27.3 Å². The summed E-state index contributed by atoms with van der Waals surface area (Å²) in [5, 5.41) is 5.07. The number of hydrogen-bond acceptors (Lipinski definition) is 4. The quantitative estimate of drug-likeness (QED) is 0.919. The maximum Gasteiger partial charge on any atom is 0.130 e. The Kier molecular flexibility index (Phi) is 3.02. The van der Waals surface area contributed by atoms with Crippen LogP contribution in [0, 0.1) is 6.92 Å². The first kappa shape index (κ1) is 10.6. The molecule has 2 rings (SSSR count). The molecular weight excluding hydrogens is 274 g/mol. The smallest absolute Gasteiger partial charge is 0.130 e. The number of hydrogen-bond donors (Lipinski definition) is 1. The van der Waals surface area contributed by atoms with Crippen molar-refractivity contribution in [2.75, 3.05) is 12.4 Å². The van der Waals surface area contributed by atoms with E-state index in [0.717, 1.165) is 26.7 Å². The molecule has 0 radical (unpaired) electrons. The lowest BCUT2D eigenvalue weighted by molar-refractivity contribution is 1.06. The third-order valence-electron chi connectivity index (χ3n) is 1.94. The van der Waals surface area contributed by atoms with Crippen molar-refractivity contribution in [1.82, 2.24) is 9.97 Å². The van der Waals surface area contributed by atoms with Gasteiger partial charge in [-0.25, -0.2) is 9.97 Å². The van der Waals surface area contributed by atoms with Crippen LogP contribution in [0.15, 0.2) is 22.0 Å². The standard InChI is InChI=1S/C10H10BrN3S/c1-6-13-8(5-9(12-2)14-6)10-7(11)3-4-15-10/h3-5H,1-2H3,(H,12,13,14). The number of anilines is 1. The topological polar surface area (TPSA) is 37.8 Å². The molecule has 0 unspecified atom stereocenters. The van der Waals surface area contributed by atoms with Gasteiger partial charge in [-0.3, -0.25) is 0 Å². The molecule has 0 saturated carbocycles. The van der Waals surface area contributed by atoms with Gasteiger partial charge >= 0.3 is 0 Å². The molecule has 1 N–H and O–H groups in total. The zero-order valence-corrected chi connectivity index (χ0v) is 10.8. The largest absolute Gasteiger partial charge is 0.373 e. The summed E-state index contributed by atoms with van der Waals surface area (Å²) < 4.78 is 1.08. The molecule has 0 aromatic carbocycles. The molecule has 3 nitrogen and oxygen atoms in total. The molecule has 0 aliphatic carbocycles. The average Bonchev–Trinajstić information content (AvgIpc) is 2.63. The lowest BCUT2D eigenvalue weighted by atomic mass is 10.3. The molecule has 2 aromatic rings. The maximum atomic E-state index is 4.41. The van der Waals surface area contributed by atoms with Crippen LogP contribution in [0.5, 0.6) is 0 Å². The van der Waals surface area contributed by atoms with Gasteiger partial charge < -0.3 is 5.32 Å². The van der Waals surface area contributed by atoms with Crippen molar-refractivity contribution in [2.45, 2.75) is 6.92 Å². The van der Waals surface area contributed by atoms with Gasteiger partial charge in [-0.05, 0) is 34.3 Å². The Hall–Kier alpha value is -0.940. The number of halogens is 1. The molecule has 0 aliphatic heterocycles. The van der Waals surface area contributed by atoms with Crippen LogP contribution in [0.1, 0.15) is 5.82 Å². The first-order valence-electron chi connectivity index (χ1n) is 4.47. The number of rotatable bonds is 2. The minimum atomic E-state index is 0.775. The molecular formula is C10H10BrN3S. The van der Waals surface area contributed by atoms with E-state index in [1.807, 2.05) is 31.5 Å². The van der Waals surface area contributed by atoms with Crippen molar-refractivity contribution in [3.63, 3.8) is 0 Å². The predicted octanol–water partition coefficient (Wildman–Crippen LogP) is 3.32. The van der Waals surface area contributed by atoms with Gasteiger partial charge in [0.25, 0.3) is 0 Å². The Labute approximate surface area is 101 Å². The molecule has 0 saturated heterocycles. The molecule has 78 valence electrons. The Morgan fingerprint density at radius 3 is 2.80 bits per heavy atom. The first-order valence-corrected chi connectivity index (χ1v) is 6.15. The van der Waals surface area contributed by atoms with Crippen molar-refractivity contribution >= 4 is 33.1 Å². The van der Waals surface area contributed by atoms with Crippen LogP contribution in [-0.4, -0.2) is 17.0 Å². The second-order valence-corrected chi connectivity index (χ2v) is 4.80. The fourth-order valence-corrected chi connectivity index (χ4v) is 2.83. The van der Waals surface area contributed by atoms with Crippen LogP contribution < -0.4 is 5.32 Å². The van der Waals surface area contributed by atoms with E-state index < -0.39 is 0 Å². The highest BCUT2D eigenvalue weighted by molar-refractivity contribution is 9.10. The van der Waals surface area contributed by atoms with Gasteiger partial charge in [0, 0.05) is 17.6 Å². The van der Waals surface area contributed by atoms with Gasteiger partial charge in [0.2, 0.25) is 0 Å². The fourth-order valence-electron chi connectivity index (χ4n) is 1.29. The van der Waals surface area contributed by atoms with Crippen molar-refractivity contribution in [2.24, 2.45) is 0 Å². The lowest BCUT2D eigenvalue weighted by Gasteiger charge is -2.04. The fraction of sp³-hybridized carbons (Fsp3) is 0.200. The van der Waals surface area contributed by atoms with E-state index in [9.17, 15) is 0 Å². The minimum Gasteiger partial charge on any atom is -0.373 e. The van der Waals surface area contributed by atoms with E-state index in [1.165, 1.54) is 0 Å². The predicted molar refractivity (Wildman–Crippen MR) is 67.3 cm³/mol. The Morgan fingerprint density at radius 1 is 1.40 bits per heavy atom. The summed E-state index contributed by atoms with van der Waals surface area (Å²) in [5.41, 5.74) is 0.953. The number of nitrogens with one attached hydrogen (secondary N) is 1. The van der Waals surface area contributed by atoms with Crippen LogP contribution in [0.4, 0.5) is 5.82 Å². The summed E-state index contributed by atoms with van der Waals surface area (Å²) in [5.74, 6) is 1.62. The second-order valence-electron chi connectivity index (χ2n) is 3.03. The molecule has 0 bridgehead atoms. The van der Waals surface area contributed by atoms with Crippen LogP contribution in [0.25, 0.3) is 10.6 Å². The number of aryl methyl sites for hydroxylation is 1. The molecule has 0 fully saturated rings. The Balaban J connectivity index is 2.53. The third-order valence-corrected chi connectivity index (χ3v) is 3.80. The van der Waals surface area contributed by atoms with E-state index in [-0.39, 0.29) is 0 Å². The van der Waals surface area contributed by atoms with Crippen LogP contribution in [-0.2, 0) is 0 Å². The van der Waals surface area contributed by atoms with E-state index in [0.29, 0.717) is 0 Å². The molecule has 0 aliphatic rings. The van der Waals surface area contributed by atoms with Gasteiger partial charge in [0.1, 0.15) is 11.6 Å². The van der Waals surface area contributed by atoms with Gasteiger partial charge in [0.05, 0.1) is 10.6 Å². The highest BCUT2D eigenvalue weighted by Crippen LogP contribution is 2.32. The van der Waals surface area contributed by atoms with Crippen molar-refractivity contribution in [1.29, 1.82) is 0 Å². The average molecular weight is 284 g/mol. The Bertz CT molecular complexity index is 481. The number of aromatic nitrogens is 2. The zero-order valence-electron chi connectivity index (χ0n) is 8.41. The zero-order chi connectivity index (χ0) is 10.8. The SMILES string of the molecule is CNc1cc(-c2sccc2Br)nc(C)n1. The van der Waals surface area contributed by atoms with E-state index in [4.69, 9.17) is 0 Å². The normalized spacial score (nSPS) is 10.3. The molecule has 2 heterocycles. The summed E-state index contributed by atoms with van der Waals surface area (Å²) in [6, 6.07) is 3.97. The molecule has 5 heteroatoms. The highest BCUT2D eigenvalue weighted by Gasteiger charge is 2.08. The van der Waals surface area contributed by atoms with E-state index in [1.54, 1.807) is 11.3 Å². The number of thiophene rings is 1. The van der Waals surface area contributed by atoms with Crippen LogP contribution in [0.3, 0.4) is 0 Å². The molecule has 2 aromatic heterocycles. The summed E-state index contributed by atoms with van der Waals surface area (Å²) in [6.45, 7) is 1.89. The second kappa shape index (κ2) is 4.28. The van der Waals surface area contributed by atoms with Gasteiger partial charge in [0.15, 0.2) is 0 Å². The van der Waals surface area contributed by atoms with Crippen molar-refractivity contribution in [3.8, 4) is 10.6 Å². The Morgan fingerprint density at radius 2 is 2.20 bits per heavy atom. The van der Waals surface area contributed by atoms with Gasteiger partial charge in [-0.15, -0.1) is 11.3 Å². The molecule has 0 amide bonds. The van der Waals surface area contributed by atoms with Crippen molar-refractivity contribution < 1.29 is 0 Å². The summed E-state index contributed by atoms with van der Waals surface area (Å²) in [4.78, 5) is 9.81. The van der Waals surface area contributed by atoms with Gasteiger partial charge in [-0.1, -0.05) is 0 Å². The lowest BCUT2D eigenvalue weighted by Crippen LogP contribution is -1.97. The molecule has 0 atom stereocenters. The van der Waals surface area contributed by atoms with Gasteiger partial charge in [-0.2, -0.15) is 0 Å². The molecule has 15 heavy (non-hydrogen) atoms. The van der Waals surface area contributed by atoms with Crippen molar-refractivity contribution in [3.05, 3.63) is 27.8 Å². The molecule has 0 spiro atoms.